The highest BCUT2D eigenvalue weighted by molar-refractivity contribution is 5.93. The quantitative estimate of drug-likeness (QED) is 0.0378. The van der Waals surface area contributed by atoms with Crippen LogP contribution in [0.5, 0.6) is 0 Å². The van der Waals surface area contributed by atoms with Crippen molar-refractivity contribution in [3.05, 3.63) is 0 Å². The third kappa shape index (κ3) is 36.0. The molecule has 438 valence electrons. The first kappa shape index (κ1) is 71.2. The second-order valence-corrected chi connectivity index (χ2v) is 21.0. The van der Waals surface area contributed by atoms with Crippen LogP contribution in [0.3, 0.4) is 0 Å². The Morgan fingerprint density at radius 3 is 0.853 bits per heavy atom. The van der Waals surface area contributed by atoms with Crippen molar-refractivity contribution in [1.29, 1.82) is 0 Å². The molecule has 0 heterocycles. The standard InChI is InChI=1S/C54H110N14O7/c1-40(69)41(66-53(75)47(68-52(74)45(61-11)30-18-25-39-65-54(2,3)4)32-17-24-37-63-49(71)43(59-9)28-13-20-34-56-6)26-15-22-38-64-50(72)46(67-51(73)44(60-10)29-14-21-35-57-7)31-16-23-36-62-48(70)42(58-8)27-12-19-33-55-5/h41-47,55-61,65H,12-39H2,1-11H3,(H,62,70)(H,63,71)(H,64,72)(H,66,75)(H,67,73)(H,68,74). The van der Waals surface area contributed by atoms with Crippen LogP contribution in [0.15, 0.2) is 0 Å². The Labute approximate surface area is 453 Å². The van der Waals surface area contributed by atoms with Crippen molar-refractivity contribution in [3.63, 3.8) is 0 Å². The Morgan fingerprint density at radius 1 is 0.307 bits per heavy atom. The molecule has 21 nitrogen and oxygen atoms in total. The molecule has 75 heavy (non-hydrogen) atoms. The minimum atomic E-state index is -0.909. The maximum atomic E-state index is 14.0. The van der Waals surface area contributed by atoms with Crippen LogP contribution in [0.1, 0.15) is 163 Å². The van der Waals surface area contributed by atoms with Gasteiger partial charge in [-0.15, -0.1) is 0 Å². The first-order valence-electron chi connectivity index (χ1n) is 28.6. The number of Topliss-reactive ketones (excluding diaryl/α,β-unsaturated/α-hetero) is 1. The Morgan fingerprint density at radius 2 is 0.547 bits per heavy atom. The summed E-state index contributed by atoms with van der Waals surface area (Å²) in [6, 6.07) is -4.06. The Kier molecular flexibility index (Phi) is 42.9. The largest absolute Gasteiger partial charge is 0.355 e. The van der Waals surface area contributed by atoms with Gasteiger partial charge in [-0.25, -0.2) is 0 Å². The topological polar surface area (TPSA) is 288 Å². The van der Waals surface area contributed by atoms with Crippen LogP contribution in [0, 0.1) is 0 Å². The summed E-state index contributed by atoms with van der Waals surface area (Å²) in [5, 5.41) is 43.1. The number of carbonyl (C=O) groups excluding carboxylic acids is 7. The maximum Gasteiger partial charge on any atom is 0.243 e. The van der Waals surface area contributed by atoms with Crippen molar-refractivity contribution in [2.75, 3.05) is 95.1 Å². The van der Waals surface area contributed by atoms with Gasteiger partial charge in [0.1, 0.15) is 12.1 Å². The van der Waals surface area contributed by atoms with E-state index in [4.69, 9.17) is 0 Å². The number of amides is 6. The molecule has 0 rings (SSSR count). The van der Waals surface area contributed by atoms with Gasteiger partial charge in [-0.1, -0.05) is 25.7 Å². The van der Waals surface area contributed by atoms with Gasteiger partial charge in [0.25, 0.3) is 0 Å². The SMILES string of the molecule is CNCCCCC(NC)C(=O)NCCCCC(NC(=O)C(CCCCNC)NC)C(=O)NCCCCC(NC(=O)C(CCCCNC(=O)C(CCCCNC)NC)NC(=O)C(CCCCNC(C)(C)C)NC)C(C)=O. The fraction of sp³-hybridized carbons (Fsp3) is 0.870. The van der Waals surface area contributed by atoms with Gasteiger partial charge < -0.3 is 74.4 Å². The molecule has 14 N–H and O–H groups in total. The van der Waals surface area contributed by atoms with Gasteiger partial charge in [-0.05, 0) is 212 Å². The van der Waals surface area contributed by atoms with E-state index in [1.807, 2.05) is 21.1 Å². The van der Waals surface area contributed by atoms with E-state index >= 15 is 0 Å². The average molecular weight is 1070 g/mol. The van der Waals surface area contributed by atoms with E-state index in [9.17, 15) is 33.6 Å². The van der Waals surface area contributed by atoms with Crippen LogP contribution in [0.25, 0.3) is 0 Å². The van der Waals surface area contributed by atoms with E-state index in [0.29, 0.717) is 83.7 Å². The van der Waals surface area contributed by atoms with Crippen molar-refractivity contribution < 1.29 is 33.6 Å². The van der Waals surface area contributed by atoms with Gasteiger partial charge in [0.05, 0.1) is 30.2 Å². The van der Waals surface area contributed by atoms with E-state index < -0.39 is 36.1 Å². The molecule has 0 aliphatic heterocycles. The number of hydrogen-bond acceptors (Lipinski definition) is 15. The van der Waals surface area contributed by atoms with Crippen LogP contribution in [0.2, 0.25) is 0 Å². The molecule has 0 aromatic carbocycles. The van der Waals surface area contributed by atoms with Gasteiger partial charge in [-0.3, -0.25) is 33.6 Å². The lowest BCUT2D eigenvalue weighted by Crippen LogP contribution is -2.54. The minimum absolute atomic E-state index is 0.00379. The number of carbonyl (C=O) groups is 7. The number of ketones is 1. The van der Waals surface area contributed by atoms with Crippen molar-refractivity contribution in [1.82, 2.24) is 74.4 Å². The summed E-state index contributed by atoms with van der Waals surface area (Å²) >= 11 is 0. The molecular formula is C54H110N14O7. The zero-order valence-corrected chi connectivity index (χ0v) is 48.7. The van der Waals surface area contributed by atoms with Gasteiger partial charge in [0, 0.05) is 25.2 Å². The zero-order chi connectivity index (χ0) is 56.3. The second kappa shape index (κ2) is 45.2. The van der Waals surface area contributed by atoms with Crippen LogP contribution < -0.4 is 74.4 Å². The number of rotatable bonds is 49. The molecule has 0 saturated heterocycles. The molecular weight excluding hydrogens is 957 g/mol. The molecule has 0 bridgehead atoms. The summed E-state index contributed by atoms with van der Waals surface area (Å²) in [5.41, 5.74) is -0.00379. The fourth-order valence-corrected chi connectivity index (χ4v) is 8.67. The average Bonchev–Trinajstić information content (AvgIpc) is 3.37. The first-order valence-corrected chi connectivity index (χ1v) is 28.6. The highest BCUT2D eigenvalue weighted by Crippen LogP contribution is 2.11. The summed E-state index contributed by atoms with van der Waals surface area (Å²) in [5.74, 6) is -1.66. The fourth-order valence-electron chi connectivity index (χ4n) is 8.67. The molecule has 7 atom stereocenters. The van der Waals surface area contributed by atoms with E-state index in [1.54, 1.807) is 28.2 Å². The Balaban J connectivity index is 5.74. The molecule has 0 aliphatic rings. The Hall–Kier alpha value is -3.83. The summed E-state index contributed by atoms with van der Waals surface area (Å²) < 4.78 is 0. The predicted octanol–water partition coefficient (Wildman–Crippen LogP) is 0.969. The van der Waals surface area contributed by atoms with E-state index in [2.05, 4.69) is 95.2 Å². The van der Waals surface area contributed by atoms with Gasteiger partial charge in [0.2, 0.25) is 35.4 Å². The van der Waals surface area contributed by atoms with Crippen LogP contribution in [-0.4, -0.2) is 184 Å². The van der Waals surface area contributed by atoms with Crippen molar-refractivity contribution in [3.8, 4) is 0 Å². The third-order valence-corrected chi connectivity index (χ3v) is 13.5. The summed E-state index contributed by atoms with van der Waals surface area (Å²) in [7, 11) is 12.7. The third-order valence-electron chi connectivity index (χ3n) is 13.5. The lowest BCUT2D eigenvalue weighted by Gasteiger charge is -2.25. The van der Waals surface area contributed by atoms with Gasteiger partial charge in [0.15, 0.2) is 5.78 Å². The molecule has 0 aromatic rings. The number of hydrogen-bond donors (Lipinski definition) is 14. The van der Waals surface area contributed by atoms with Crippen molar-refractivity contribution in [2.24, 2.45) is 0 Å². The lowest BCUT2D eigenvalue weighted by molar-refractivity contribution is -0.132. The number of unbranched alkanes of at least 4 members (excludes halogenated alkanes) is 7. The molecule has 0 saturated carbocycles. The zero-order valence-electron chi connectivity index (χ0n) is 48.7. The molecule has 0 aromatic heterocycles. The number of likely N-dealkylation sites (N-methyl/N-ethyl adjacent to an activating group) is 4. The first-order chi connectivity index (χ1) is 35.9. The smallest absolute Gasteiger partial charge is 0.243 e. The summed E-state index contributed by atoms with van der Waals surface area (Å²) in [6.45, 7) is 12.4. The molecule has 6 amide bonds. The van der Waals surface area contributed by atoms with Crippen molar-refractivity contribution in [2.45, 2.75) is 210 Å². The molecule has 21 heteroatoms. The number of nitrogens with one attached hydrogen (secondary N) is 14. The molecule has 0 radical (unpaired) electrons. The van der Waals surface area contributed by atoms with Crippen molar-refractivity contribution >= 4 is 41.2 Å². The normalized spacial score (nSPS) is 14.4. The maximum absolute atomic E-state index is 14.0. The van der Waals surface area contributed by atoms with E-state index in [0.717, 1.165) is 90.4 Å². The minimum Gasteiger partial charge on any atom is -0.355 e. The van der Waals surface area contributed by atoms with E-state index in [1.165, 1.54) is 6.92 Å². The second-order valence-electron chi connectivity index (χ2n) is 21.0. The molecule has 0 spiro atoms. The highest BCUT2D eigenvalue weighted by Gasteiger charge is 2.29. The van der Waals surface area contributed by atoms with Gasteiger partial charge in [-0.2, -0.15) is 0 Å². The molecule has 7 unspecified atom stereocenters. The monoisotopic (exact) mass is 1070 g/mol. The predicted molar refractivity (Wildman–Crippen MR) is 303 cm³/mol. The Bertz CT molecular complexity index is 1550. The van der Waals surface area contributed by atoms with E-state index in [-0.39, 0.29) is 59.5 Å². The highest BCUT2D eigenvalue weighted by atomic mass is 16.2. The lowest BCUT2D eigenvalue weighted by atomic mass is 10.0. The van der Waals surface area contributed by atoms with Crippen LogP contribution in [-0.2, 0) is 33.6 Å². The van der Waals surface area contributed by atoms with Crippen LogP contribution in [0.4, 0.5) is 0 Å². The molecule has 0 aliphatic carbocycles. The molecule has 0 fully saturated rings. The summed E-state index contributed by atoms with van der Waals surface area (Å²) in [4.78, 5) is 93.5. The van der Waals surface area contributed by atoms with Gasteiger partial charge >= 0.3 is 0 Å². The van der Waals surface area contributed by atoms with Crippen LogP contribution >= 0.6 is 0 Å². The summed E-state index contributed by atoms with van der Waals surface area (Å²) in [6.07, 6.45) is 14.3.